The maximum atomic E-state index is 12.4. The van der Waals surface area contributed by atoms with E-state index in [-0.39, 0.29) is 17.4 Å². The van der Waals surface area contributed by atoms with Crippen molar-refractivity contribution in [2.45, 2.75) is 32.3 Å². The normalized spacial score (nSPS) is 22.6. The lowest BCUT2D eigenvalue weighted by Gasteiger charge is -2.39. The van der Waals surface area contributed by atoms with Crippen LogP contribution in [0.3, 0.4) is 0 Å². The van der Waals surface area contributed by atoms with Crippen molar-refractivity contribution in [3.8, 4) is 0 Å². The molecular weight excluding hydrogens is 300 g/mol. The molecule has 1 amide bonds. The Morgan fingerprint density at radius 2 is 1.96 bits per heavy atom. The van der Waals surface area contributed by atoms with Gasteiger partial charge in [0.1, 0.15) is 0 Å². The van der Waals surface area contributed by atoms with Gasteiger partial charge < -0.3 is 14.9 Å². The molecule has 4 heteroatoms. The summed E-state index contributed by atoms with van der Waals surface area (Å²) in [5.74, 6) is 0.289. The Hall–Kier alpha value is -1.65. The summed E-state index contributed by atoms with van der Waals surface area (Å²) in [6.45, 7) is 6.15. The molecule has 0 aliphatic carbocycles. The second-order valence-corrected chi connectivity index (χ2v) is 7.41. The van der Waals surface area contributed by atoms with Gasteiger partial charge in [-0.1, -0.05) is 42.5 Å². The average Bonchev–Trinajstić information content (AvgIpc) is 2.86. The molecule has 4 nitrogen and oxygen atoms in total. The van der Waals surface area contributed by atoms with Gasteiger partial charge in [0.05, 0.1) is 6.10 Å². The standard InChI is InChI=1S/C20H28N2O2/c1-17(23)15-21-12-9-20(10-13-21)14-19(24)22(16-20)11-5-8-18-6-3-2-4-7-18/h2-8,17,23H,9-16H2,1H3. The lowest BCUT2D eigenvalue weighted by molar-refractivity contribution is -0.127. The molecule has 2 fully saturated rings. The number of benzene rings is 1. The second kappa shape index (κ2) is 7.49. The first-order valence-electron chi connectivity index (χ1n) is 8.96. The first-order chi connectivity index (χ1) is 11.6. The predicted octanol–water partition coefficient (Wildman–Crippen LogP) is 2.40. The molecule has 2 saturated heterocycles. The molecule has 2 heterocycles. The van der Waals surface area contributed by atoms with Gasteiger partial charge in [0, 0.05) is 26.1 Å². The summed E-state index contributed by atoms with van der Waals surface area (Å²) in [6.07, 6.45) is 6.71. The number of hydrogen-bond acceptors (Lipinski definition) is 3. The fourth-order valence-corrected chi connectivity index (χ4v) is 3.95. The van der Waals surface area contributed by atoms with E-state index in [9.17, 15) is 9.90 Å². The van der Waals surface area contributed by atoms with Crippen molar-refractivity contribution >= 4 is 12.0 Å². The van der Waals surface area contributed by atoms with Gasteiger partial charge in [0.25, 0.3) is 0 Å². The number of nitrogens with zero attached hydrogens (tertiary/aromatic N) is 2. The number of amides is 1. The maximum Gasteiger partial charge on any atom is 0.223 e. The molecule has 2 aliphatic rings. The van der Waals surface area contributed by atoms with Gasteiger partial charge in [-0.2, -0.15) is 0 Å². The number of piperidine rings is 1. The highest BCUT2D eigenvalue weighted by Crippen LogP contribution is 2.40. The largest absolute Gasteiger partial charge is 0.392 e. The van der Waals surface area contributed by atoms with Crippen LogP contribution in [0.15, 0.2) is 36.4 Å². The highest BCUT2D eigenvalue weighted by atomic mass is 16.3. The summed E-state index contributed by atoms with van der Waals surface area (Å²) in [5.41, 5.74) is 1.33. The summed E-state index contributed by atoms with van der Waals surface area (Å²) in [6, 6.07) is 10.2. The summed E-state index contributed by atoms with van der Waals surface area (Å²) in [5, 5.41) is 9.53. The molecule has 1 N–H and O–H groups in total. The minimum atomic E-state index is -0.274. The predicted molar refractivity (Wildman–Crippen MR) is 96.5 cm³/mol. The smallest absolute Gasteiger partial charge is 0.223 e. The summed E-state index contributed by atoms with van der Waals surface area (Å²) < 4.78 is 0. The molecule has 130 valence electrons. The van der Waals surface area contributed by atoms with Crippen molar-refractivity contribution in [2.24, 2.45) is 5.41 Å². The molecule has 0 saturated carbocycles. The van der Waals surface area contributed by atoms with Crippen LogP contribution in [0.5, 0.6) is 0 Å². The number of rotatable bonds is 5. The average molecular weight is 328 g/mol. The fraction of sp³-hybridized carbons (Fsp3) is 0.550. The second-order valence-electron chi connectivity index (χ2n) is 7.41. The van der Waals surface area contributed by atoms with Crippen LogP contribution in [-0.4, -0.2) is 59.6 Å². The third-order valence-corrected chi connectivity index (χ3v) is 5.28. The van der Waals surface area contributed by atoms with E-state index in [1.165, 1.54) is 5.56 Å². The van der Waals surface area contributed by atoms with Gasteiger partial charge in [0.15, 0.2) is 0 Å². The Morgan fingerprint density at radius 1 is 1.25 bits per heavy atom. The van der Waals surface area contributed by atoms with E-state index >= 15 is 0 Å². The topological polar surface area (TPSA) is 43.8 Å². The van der Waals surface area contributed by atoms with Crippen LogP contribution >= 0.6 is 0 Å². The highest BCUT2D eigenvalue weighted by Gasteiger charge is 2.44. The number of β-amino-alcohol motifs (C(OH)–C–C–N with tert-alkyl or cyclic N) is 1. The Kier molecular flexibility index (Phi) is 5.36. The van der Waals surface area contributed by atoms with Gasteiger partial charge in [-0.25, -0.2) is 0 Å². The third kappa shape index (κ3) is 4.25. The van der Waals surface area contributed by atoms with Crippen LogP contribution in [0.2, 0.25) is 0 Å². The van der Waals surface area contributed by atoms with Gasteiger partial charge >= 0.3 is 0 Å². The van der Waals surface area contributed by atoms with E-state index in [0.717, 1.165) is 39.0 Å². The van der Waals surface area contributed by atoms with Crippen molar-refractivity contribution < 1.29 is 9.90 Å². The molecule has 1 unspecified atom stereocenters. The van der Waals surface area contributed by atoms with E-state index in [2.05, 4.69) is 29.2 Å². The Labute approximate surface area is 144 Å². The van der Waals surface area contributed by atoms with Gasteiger partial charge in [-0.15, -0.1) is 0 Å². The third-order valence-electron chi connectivity index (χ3n) is 5.28. The number of carbonyl (C=O) groups excluding carboxylic acids is 1. The number of aliphatic hydroxyl groups excluding tert-OH is 1. The monoisotopic (exact) mass is 328 g/mol. The van der Waals surface area contributed by atoms with Crippen LogP contribution in [-0.2, 0) is 4.79 Å². The summed E-state index contributed by atoms with van der Waals surface area (Å²) in [4.78, 5) is 16.7. The molecule has 1 spiro atoms. The van der Waals surface area contributed by atoms with E-state index in [1.54, 1.807) is 0 Å². The molecule has 0 bridgehead atoms. The molecule has 0 radical (unpaired) electrons. The fourth-order valence-electron chi connectivity index (χ4n) is 3.95. The molecular formula is C20H28N2O2. The molecule has 2 aliphatic heterocycles. The molecule has 24 heavy (non-hydrogen) atoms. The Morgan fingerprint density at radius 3 is 2.62 bits per heavy atom. The Bertz CT molecular complexity index is 575. The minimum absolute atomic E-state index is 0.160. The highest BCUT2D eigenvalue weighted by molar-refractivity contribution is 5.79. The van der Waals surface area contributed by atoms with Crippen molar-refractivity contribution in [3.63, 3.8) is 0 Å². The first-order valence-corrected chi connectivity index (χ1v) is 8.96. The first kappa shape index (κ1) is 17.2. The SMILES string of the molecule is CC(O)CN1CCC2(CC1)CC(=O)N(CC=Cc1ccccc1)C2. The minimum Gasteiger partial charge on any atom is -0.392 e. The van der Waals surface area contributed by atoms with E-state index in [0.29, 0.717) is 13.0 Å². The van der Waals surface area contributed by atoms with Crippen LogP contribution in [0.25, 0.3) is 6.08 Å². The number of aliphatic hydroxyl groups is 1. The molecule has 3 rings (SSSR count). The van der Waals surface area contributed by atoms with Crippen molar-refractivity contribution in [1.82, 2.24) is 9.80 Å². The lowest BCUT2D eigenvalue weighted by atomic mass is 9.77. The number of carbonyl (C=O) groups is 1. The molecule has 1 atom stereocenters. The lowest BCUT2D eigenvalue weighted by Crippen LogP contribution is -2.43. The zero-order chi connectivity index (χ0) is 17.0. The summed E-state index contributed by atoms with van der Waals surface area (Å²) in [7, 11) is 0. The van der Waals surface area contributed by atoms with Crippen LogP contribution in [0.4, 0.5) is 0 Å². The molecule has 1 aromatic carbocycles. The summed E-state index contributed by atoms with van der Waals surface area (Å²) >= 11 is 0. The number of hydrogen-bond donors (Lipinski definition) is 1. The molecule has 0 aromatic heterocycles. The molecule has 1 aromatic rings. The van der Waals surface area contributed by atoms with Crippen LogP contribution in [0.1, 0.15) is 31.7 Å². The van der Waals surface area contributed by atoms with E-state index < -0.39 is 0 Å². The van der Waals surface area contributed by atoms with Crippen molar-refractivity contribution in [1.29, 1.82) is 0 Å². The zero-order valence-corrected chi connectivity index (χ0v) is 14.5. The quantitative estimate of drug-likeness (QED) is 0.903. The van der Waals surface area contributed by atoms with E-state index in [4.69, 9.17) is 0 Å². The van der Waals surface area contributed by atoms with E-state index in [1.807, 2.05) is 30.0 Å². The van der Waals surface area contributed by atoms with Crippen LogP contribution < -0.4 is 0 Å². The van der Waals surface area contributed by atoms with Gasteiger partial charge in [0.2, 0.25) is 5.91 Å². The van der Waals surface area contributed by atoms with Crippen molar-refractivity contribution in [2.75, 3.05) is 32.7 Å². The Balaban J connectivity index is 1.52. The van der Waals surface area contributed by atoms with Crippen molar-refractivity contribution in [3.05, 3.63) is 42.0 Å². The maximum absolute atomic E-state index is 12.4. The number of likely N-dealkylation sites (tertiary alicyclic amines) is 2. The zero-order valence-electron chi connectivity index (χ0n) is 14.5. The van der Waals surface area contributed by atoms with Crippen LogP contribution in [0, 0.1) is 5.41 Å². The van der Waals surface area contributed by atoms with Gasteiger partial charge in [-0.3, -0.25) is 4.79 Å². The van der Waals surface area contributed by atoms with Gasteiger partial charge in [-0.05, 0) is 43.8 Å².